The number of carbonyl (C=O) groups is 1. The topological polar surface area (TPSA) is 61.4 Å². The lowest BCUT2D eigenvalue weighted by atomic mass is 9.97. The summed E-state index contributed by atoms with van der Waals surface area (Å²) in [5.74, 6) is 0.163. The fourth-order valence-electron chi connectivity index (χ4n) is 1.72. The maximum atomic E-state index is 11.4. The maximum absolute atomic E-state index is 11.4. The van der Waals surface area contributed by atoms with Gasteiger partial charge >= 0.3 is 0 Å². The molecule has 1 saturated carbocycles. The molecule has 1 aliphatic rings. The van der Waals surface area contributed by atoms with Crippen molar-refractivity contribution in [2.24, 2.45) is 0 Å². The third-order valence-corrected chi connectivity index (χ3v) is 3.47. The maximum Gasteiger partial charge on any atom is 0.220 e. The smallest absolute Gasteiger partial charge is 0.220 e. The highest BCUT2D eigenvalue weighted by Crippen LogP contribution is 2.18. The zero-order valence-electron chi connectivity index (χ0n) is 11.1. The van der Waals surface area contributed by atoms with E-state index in [0.29, 0.717) is 19.0 Å². The van der Waals surface area contributed by atoms with Crippen molar-refractivity contribution in [3.8, 4) is 0 Å². The van der Waals surface area contributed by atoms with Gasteiger partial charge in [0.1, 0.15) is 0 Å². The summed E-state index contributed by atoms with van der Waals surface area (Å²) < 4.78 is 0. The van der Waals surface area contributed by atoms with Crippen LogP contribution in [0, 0.1) is 0 Å². The first-order valence-corrected chi connectivity index (χ1v) is 6.82. The van der Waals surface area contributed by atoms with Crippen LogP contribution in [0.5, 0.6) is 0 Å². The molecule has 0 aliphatic heterocycles. The summed E-state index contributed by atoms with van der Waals surface area (Å²) in [4.78, 5) is 11.4. The molecule has 1 rings (SSSR count). The molecule has 1 aliphatic carbocycles. The number of carbonyl (C=O) groups excluding carboxylic acids is 1. The number of amides is 1. The van der Waals surface area contributed by atoms with Gasteiger partial charge in [-0.3, -0.25) is 4.79 Å². The molecular weight excluding hydrogens is 216 g/mol. The van der Waals surface area contributed by atoms with Crippen LogP contribution in [0.1, 0.15) is 52.4 Å². The predicted molar refractivity (Wildman–Crippen MR) is 68.8 cm³/mol. The van der Waals surface area contributed by atoms with Crippen LogP contribution in [0.3, 0.4) is 0 Å². The van der Waals surface area contributed by atoms with Gasteiger partial charge in [-0.05, 0) is 38.6 Å². The molecule has 1 amide bonds. The van der Waals surface area contributed by atoms with Crippen LogP contribution in [-0.2, 0) is 4.79 Å². The zero-order valence-corrected chi connectivity index (χ0v) is 11.1. The first-order chi connectivity index (χ1) is 8.09. The molecule has 0 heterocycles. The van der Waals surface area contributed by atoms with Crippen molar-refractivity contribution in [2.45, 2.75) is 64.0 Å². The van der Waals surface area contributed by atoms with Gasteiger partial charge < -0.3 is 15.7 Å². The van der Waals surface area contributed by atoms with E-state index in [1.165, 1.54) is 0 Å². The zero-order chi connectivity index (χ0) is 12.7. The van der Waals surface area contributed by atoms with Crippen molar-refractivity contribution in [1.82, 2.24) is 10.6 Å². The summed E-state index contributed by atoms with van der Waals surface area (Å²) in [6, 6.07) is 0.459. The predicted octanol–water partition coefficient (Wildman–Crippen LogP) is 1.19. The molecule has 0 unspecified atom stereocenters. The van der Waals surface area contributed by atoms with Crippen LogP contribution in [0.4, 0.5) is 0 Å². The van der Waals surface area contributed by atoms with Crippen molar-refractivity contribution >= 4 is 5.91 Å². The van der Waals surface area contributed by atoms with E-state index in [1.54, 1.807) is 0 Å². The van der Waals surface area contributed by atoms with E-state index < -0.39 is 5.60 Å². The van der Waals surface area contributed by atoms with Gasteiger partial charge in [0.2, 0.25) is 5.91 Å². The Bertz CT molecular complexity index is 236. The van der Waals surface area contributed by atoms with Gasteiger partial charge in [0.15, 0.2) is 0 Å². The molecular formula is C13H26N2O2. The van der Waals surface area contributed by atoms with Gasteiger partial charge in [-0.2, -0.15) is 0 Å². The van der Waals surface area contributed by atoms with Gasteiger partial charge in [0.25, 0.3) is 0 Å². The lowest BCUT2D eigenvalue weighted by Crippen LogP contribution is -2.40. The van der Waals surface area contributed by atoms with Crippen LogP contribution >= 0.6 is 0 Å². The molecule has 0 saturated heterocycles. The van der Waals surface area contributed by atoms with Crippen molar-refractivity contribution in [3.63, 3.8) is 0 Å². The Morgan fingerprint density at radius 3 is 2.53 bits per heavy atom. The molecule has 0 bridgehead atoms. The number of hydrogen-bond donors (Lipinski definition) is 3. The Morgan fingerprint density at radius 2 is 2.00 bits per heavy atom. The molecule has 100 valence electrons. The number of rotatable bonds is 9. The lowest BCUT2D eigenvalue weighted by Gasteiger charge is -2.25. The van der Waals surface area contributed by atoms with E-state index in [-0.39, 0.29) is 5.91 Å². The second-order valence-electron chi connectivity index (χ2n) is 5.05. The summed E-state index contributed by atoms with van der Waals surface area (Å²) in [7, 11) is 0. The van der Waals surface area contributed by atoms with Gasteiger partial charge in [-0.25, -0.2) is 0 Å². The summed E-state index contributed by atoms with van der Waals surface area (Å²) in [5.41, 5.74) is -0.587. The first-order valence-electron chi connectivity index (χ1n) is 6.82. The van der Waals surface area contributed by atoms with Crippen molar-refractivity contribution in [1.29, 1.82) is 0 Å². The molecule has 0 aromatic heterocycles. The van der Waals surface area contributed by atoms with Gasteiger partial charge in [-0.1, -0.05) is 13.8 Å². The molecule has 0 aromatic carbocycles. The number of nitrogens with one attached hydrogen (secondary N) is 2. The van der Waals surface area contributed by atoms with Crippen LogP contribution in [0.15, 0.2) is 0 Å². The van der Waals surface area contributed by atoms with E-state index in [1.807, 2.05) is 13.8 Å². The van der Waals surface area contributed by atoms with Gasteiger partial charge in [0.05, 0.1) is 5.60 Å². The first kappa shape index (κ1) is 14.5. The Hall–Kier alpha value is -0.610. The average molecular weight is 242 g/mol. The lowest BCUT2D eigenvalue weighted by molar-refractivity contribution is -0.121. The van der Waals surface area contributed by atoms with E-state index >= 15 is 0 Å². The Balaban J connectivity index is 1.97. The molecule has 17 heavy (non-hydrogen) atoms. The number of aliphatic hydroxyl groups is 1. The highest BCUT2D eigenvalue weighted by atomic mass is 16.3. The molecule has 0 aromatic rings. The highest BCUT2D eigenvalue weighted by molar-refractivity contribution is 5.76. The van der Waals surface area contributed by atoms with Crippen LogP contribution < -0.4 is 10.6 Å². The largest absolute Gasteiger partial charge is 0.389 e. The Morgan fingerprint density at radius 1 is 1.35 bits per heavy atom. The quantitative estimate of drug-likeness (QED) is 0.532. The normalized spacial score (nSPS) is 15.9. The van der Waals surface area contributed by atoms with Gasteiger partial charge in [0, 0.05) is 19.0 Å². The minimum absolute atomic E-state index is 0.163. The minimum Gasteiger partial charge on any atom is -0.389 e. The fraction of sp³-hybridized carbons (Fsp3) is 0.923. The molecule has 0 atom stereocenters. The fourth-order valence-corrected chi connectivity index (χ4v) is 1.72. The number of hydrogen-bond acceptors (Lipinski definition) is 3. The SMILES string of the molecule is CCC(O)(CC)CNCCCC(=O)NC1CC1. The summed E-state index contributed by atoms with van der Waals surface area (Å²) >= 11 is 0. The van der Waals surface area contributed by atoms with Crippen molar-refractivity contribution < 1.29 is 9.90 Å². The molecule has 4 heteroatoms. The van der Waals surface area contributed by atoms with Crippen LogP contribution in [0.2, 0.25) is 0 Å². The minimum atomic E-state index is -0.587. The third kappa shape index (κ3) is 6.03. The Kier molecular flexibility index (Phi) is 5.92. The standard InChI is InChI=1S/C13H26N2O2/c1-3-13(17,4-2)10-14-9-5-6-12(16)15-11-7-8-11/h11,14,17H,3-10H2,1-2H3,(H,15,16). The molecule has 4 nitrogen and oxygen atoms in total. The van der Waals surface area contributed by atoms with E-state index in [9.17, 15) is 9.90 Å². The third-order valence-electron chi connectivity index (χ3n) is 3.47. The summed E-state index contributed by atoms with van der Waals surface area (Å²) in [5, 5.41) is 16.2. The highest BCUT2D eigenvalue weighted by Gasteiger charge is 2.23. The van der Waals surface area contributed by atoms with E-state index in [2.05, 4.69) is 10.6 Å². The average Bonchev–Trinajstić information content (AvgIpc) is 3.12. The molecule has 0 spiro atoms. The van der Waals surface area contributed by atoms with Gasteiger partial charge in [-0.15, -0.1) is 0 Å². The monoisotopic (exact) mass is 242 g/mol. The molecule has 0 radical (unpaired) electrons. The van der Waals surface area contributed by atoms with Crippen LogP contribution in [0.25, 0.3) is 0 Å². The van der Waals surface area contributed by atoms with E-state index in [4.69, 9.17) is 0 Å². The molecule has 3 N–H and O–H groups in total. The van der Waals surface area contributed by atoms with Crippen molar-refractivity contribution in [2.75, 3.05) is 13.1 Å². The van der Waals surface area contributed by atoms with Crippen LogP contribution in [-0.4, -0.2) is 35.7 Å². The van der Waals surface area contributed by atoms with Crippen molar-refractivity contribution in [3.05, 3.63) is 0 Å². The second-order valence-corrected chi connectivity index (χ2v) is 5.05. The summed E-state index contributed by atoms with van der Waals surface area (Å²) in [6.45, 7) is 5.40. The summed E-state index contributed by atoms with van der Waals surface area (Å²) in [6.07, 6.45) is 5.23. The molecule has 1 fully saturated rings. The second kappa shape index (κ2) is 6.97. The van der Waals surface area contributed by atoms with E-state index in [0.717, 1.165) is 38.6 Å². The Labute approximate surface area is 104 Å².